The molecule has 1 N–H and O–H groups in total. The van der Waals surface area contributed by atoms with Crippen LogP contribution in [0.15, 0.2) is 48.7 Å². The zero-order valence-electron chi connectivity index (χ0n) is 20.1. The van der Waals surface area contributed by atoms with E-state index >= 15 is 0 Å². The van der Waals surface area contributed by atoms with Crippen LogP contribution in [0.4, 0.5) is 5.82 Å². The number of pyridine rings is 1. The van der Waals surface area contributed by atoms with Gasteiger partial charge in [-0.15, -0.1) is 0 Å². The van der Waals surface area contributed by atoms with E-state index in [1.807, 2.05) is 61.3 Å². The summed E-state index contributed by atoms with van der Waals surface area (Å²) in [4.78, 5) is 23.0. The highest BCUT2D eigenvalue weighted by Gasteiger charge is 2.22. The highest BCUT2D eigenvalue weighted by atomic mass is 16.2. The lowest BCUT2D eigenvalue weighted by Gasteiger charge is -2.31. The van der Waals surface area contributed by atoms with Gasteiger partial charge < -0.3 is 10.2 Å². The summed E-state index contributed by atoms with van der Waals surface area (Å²) in [6.07, 6.45) is 3.68. The first kappa shape index (κ1) is 22.5. The molecular weight excluding hydrogens is 438 g/mol. The number of rotatable bonds is 4. The average Bonchev–Trinajstić information content (AvgIpc) is 3.23. The summed E-state index contributed by atoms with van der Waals surface area (Å²) in [5.41, 5.74) is 6.68. The van der Waals surface area contributed by atoms with Crippen LogP contribution >= 0.6 is 0 Å². The number of carbonyl (C=O) groups is 1. The second-order valence-electron chi connectivity index (χ2n) is 9.06. The van der Waals surface area contributed by atoms with Gasteiger partial charge in [0, 0.05) is 49.2 Å². The quantitative estimate of drug-likeness (QED) is 0.480. The van der Waals surface area contributed by atoms with E-state index in [4.69, 9.17) is 10.1 Å². The standard InChI is InChI=1S/C27H27N7O/c1-17-13-22(14-18(2)29-17)25-26(21-6-4-5-20(15-21)16-28)32-34-12-9-24(31-27(25)34)30-23-7-10-33(11-8-23)19(3)35/h4-6,9,12-15,23H,7-8,10-11H2,1-3H3,(H,30,31). The van der Waals surface area contributed by atoms with Gasteiger partial charge in [-0.1, -0.05) is 12.1 Å². The van der Waals surface area contributed by atoms with Crippen LogP contribution < -0.4 is 5.32 Å². The third-order valence-corrected chi connectivity index (χ3v) is 6.41. The van der Waals surface area contributed by atoms with Crippen LogP contribution in [0.1, 0.15) is 36.7 Å². The van der Waals surface area contributed by atoms with Gasteiger partial charge in [0.15, 0.2) is 5.65 Å². The maximum Gasteiger partial charge on any atom is 0.219 e. The summed E-state index contributed by atoms with van der Waals surface area (Å²) in [7, 11) is 0. The number of anilines is 1. The molecule has 35 heavy (non-hydrogen) atoms. The molecule has 0 saturated carbocycles. The van der Waals surface area contributed by atoms with Crippen LogP contribution in [0.25, 0.3) is 28.0 Å². The van der Waals surface area contributed by atoms with Crippen molar-refractivity contribution in [2.75, 3.05) is 18.4 Å². The first-order chi connectivity index (χ1) is 16.9. The molecule has 4 aromatic rings. The first-order valence-corrected chi connectivity index (χ1v) is 11.8. The molecule has 1 aromatic carbocycles. The number of nitriles is 1. The van der Waals surface area contributed by atoms with E-state index in [9.17, 15) is 10.1 Å². The topological polar surface area (TPSA) is 99.2 Å². The summed E-state index contributed by atoms with van der Waals surface area (Å²) in [5.74, 6) is 0.905. The number of carbonyl (C=O) groups excluding carboxylic acids is 1. The number of fused-ring (bicyclic) bond motifs is 1. The maximum atomic E-state index is 11.7. The molecule has 176 valence electrons. The zero-order chi connectivity index (χ0) is 24.5. The monoisotopic (exact) mass is 465 g/mol. The lowest BCUT2D eigenvalue weighted by Crippen LogP contribution is -2.41. The van der Waals surface area contributed by atoms with Crippen molar-refractivity contribution in [3.05, 3.63) is 65.6 Å². The predicted octanol–water partition coefficient (Wildman–Crippen LogP) is 4.37. The maximum absolute atomic E-state index is 11.7. The van der Waals surface area contributed by atoms with E-state index in [2.05, 4.69) is 16.4 Å². The van der Waals surface area contributed by atoms with Crippen molar-refractivity contribution in [2.45, 2.75) is 39.7 Å². The first-order valence-electron chi connectivity index (χ1n) is 11.8. The van der Waals surface area contributed by atoms with E-state index in [0.717, 1.165) is 71.2 Å². The Bertz CT molecular complexity index is 1440. The molecule has 1 fully saturated rings. The van der Waals surface area contributed by atoms with Crippen molar-refractivity contribution in [1.29, 1.82) is 5.26 Å². The van der Waals surface area contributed by atoms with Gasteiger partial charge in [-0.05, 0) is 62.6 Å². The molecule has 0 spiro atoms. The Morgan fingerprint density at radius 2 is 1.80 bits per heavy atom. The molecule has 4 heterocycles. The van der Waals surface area contributed by atoms with Crippen LogP contribution in [0.5, 0.6) is 0 Å². The van der Waals surface area contributed by atoms with Crippen LogP contribution in [-0.2, 0) is 4.79 Å². The Labute approximate surface area is 204 Å². The van der Waals surface area contributed by atoms with Crippen molar-refractivity contribution >= 4 is 17.4 Å². The van der Waals surface area contributed by atoms with E-state index in [1.54, 1.807) is 17.5 Å². The highest BCUT2D eigenvalue weighted by molar-refractivity contribution is 5.91. The van der Waals surface area contributed by atoms with Gasteiger partial charge in [0.1, 0.15) is 11.5 Å². The molecule has 0 unspecified atom stereocenters. The number of piperidine rings is 1. The van der Waals surface area contributed by atoms with Gasteiger partial charge in [-0.3, -0.25) is 9.78 Å². The highest BCUT2D eigenvalue weighted by Crippen LogP contribution is 2.35. The number of likely N-dealkylation sites (tertiary alicyclic amines) is 1. The van der Waals surface area contributed by atoms with Crippen LogP contribution in [0.3, 0.4) is 0 Å². The molecule has 1 saturated heterocycles. The van der Waals surface area contributed by atoms with Gasteiger partial charge >= 0.3 is 0 Å². The van der Waals surface area contributed by atoms with Crippen molar-refractivity contribution in [2.24, 2.45) is 0 Å². The summed E-state index contributed by atoms with van der Waals surface area (Å²) in [6.45, 7) is 7.08. The zero-order valence-corrected chi connectivity index (χ0v) is 20.1. The Kier molecular flexibility index (Phi) is 5.91. The minimum atomic E-state index is 0.128. The Morgan fingerprint density at radius 1 is 1.06 bits per heavy atom. The van der Waals surface area contributed by atoms with E-state index in [0.29, 0.717) is 5.56 Å². The van der Waals surface area contributed by atoms with Crippen LogP contribution in [0.2, 0.25) is 0 Å². The number of nitrogens with one attached hydrogen (secondary N) is 1. The van der Waals surface area contributed by atoms with Crippen molar-refractivity contribution < 1.29 is 4.79 Å². The largest absolute Gasteiger partial charge is 0.367 e. The van der Waals surface area contributed by atoms with Gasteiger partial charge in [-0.2, -0.15) is 10.4 Å². The molecule has 8 nitrogen and oxygen atoms in total. The van der Waals surface area contributed by atoms with E-state index < -0.39 is 0 Å². The van der Waals surface area contributed by atoms with E-state index in [-0.39, 0.29) is 11.9 Å². The van der Waals surface area contributed by atoms with Crippen LogP contribution in [-0.4, -0.2) is 49.5 Å². The molecule has 0 bridgehead atoms. The van der Waals surface area contributed by atoms with Gasteiger partial charge in [-0.25, -0.2) is 9.50 Å². The van der Waals surface area contributed by atoms with Crippen molar-refractivity contribution in [3.8, 4) is 28.5 Å². The summed E-state index contributed by atoms with van der Waals surface area (Å²) in [6, 6.07) is 16.0. The summed E-state index contributed by atoms with van der Waals surface area (Å²) >= 11 is 0. The number of aromatic nitrogens is 4. The normalized spacial score (nSPS) is 14.2. The van der Waals surface area contributed by atoms with Gasteiger partial charge in [0.25, 0.3) is 0 Å². The number of amides is 1. The second kappa shape index (κ2) is 9.18. The molecule has 0 radical (unpaired) electrons. The minimum Gasteiger partial charge on any atom is -0.367 e. The molecule has 1 aliphatic rings. The van der Waals surface area contributed by atoms with Crippen LogP contribution in [0, 0.1) is 25.2 Å². The number of hydrogen-bond acceptors (Lipinski definition) is 6. The van der Waals surface area contributed by atoms with Crippen molar-refractivity contribution in [1.82, 2.24) is 24.5 Å². The third kappa shape index (κ3) is 4.58. The van der Waals surface area contributed by atoms with Gasteiger partial charge in [0.05, 0.1) is 17.2 Å². The Hall–Kier alpha value is -4.25. The molecular formula is C27H27N7O. The average molecular weight is 466 g/mol. The number of hydrogen-bond donors (Lipinski definition) is 1. The SMILES string of the molecule is CC(=O)N1CCC(Nc2ccn3nc(-c4cccc(C#N)c4)c(-c4cc(C)nc(C)c4)c3n2)CC1. The van der Waals surface area contributed by atoms with E-state index in [1.165, 1.54) is 0 Å². The fourth-order valence-electron chi connectivity index (χ4n) is 4.74. The lowest BCUT2D eigenvalue weighted by molar-refractivity contribution is -0.129. The molecule has 8 heteroatoms. The van der Waals surface area contributed by atoms with Crippen molar-refractivity contribution in [3.63, 3.8) is 0 Å². The smallest absolute Gasteiger partial charge is 0.219 e. The second-order valence-corrected chi connectivity index (χ2v) is 9.06. The fraction of sp³-hybridized carbons (Fsp3) is 0.296. The summed E-state index contributed by atoms with van der Waals surface area (Å²) in [5, 5.41) is 17.8. The predicted molar refractivity (Wildman–Crippen MR) is 135 cm³/mol. The molecule has 0 aliphatic carbocycles. The molecule has 1 aliphatic heterocycles. The number of aryl methyl sites for hydroxylation is 2. The number of nitrogens with zero attached hydrogens (tertiary/aromatic N) is 6. The Balaban J connectivity index is 1.58. The molecule has 3 aromatic heterocycles. The third-order valence-electron chi connectivity index (χ3n) is 6.41. The number of benzene rings is 1. The molecule has 0 atom stereocenters. The molecule has 1 amide bonds. The summed E-state index contributed by atoms with van der Waals surface area (Å²) < 4.78 is 1.79. The van der Waals surface area contributed by atoms with Gasteiger partial charge in [0.2, 0.25) is 5.91 Å². The minimum absolute atomic E-state index is 0.128. The molecule has 5 rings (SSSR count). The fourth-order valence-corrected chi connectivity index (χ4v) is 4.74. The Morgan fingerprint density at radius 3 is 2.49 bits per heavy atom. The lowest BCUT2D eigenvalue weighted by atomic mass is 9.99.